The second kappa shape index (κ2) is 13.3. The van der Waals surface area contributed by atoms with Crippen LogP contribution in [0.15, 0.2) is 12.1 Å². The zero-order valence-corrected chi connectivity index (χ0v) is 24.8. The first-order valence-electron chi connectivity index (χ1n) is 14.5. The van der Waals surface area contributed by atoms with Gasteiger partial charge in [0.25, 0.3) is 0 Å². The molecule has 0 aromatic heterocycles. The number of piperidine rings is 1. The number of fused-ring (bicyclic) bond motifs is 1. The molecule has 1 N–H and O–H groups in total. The lowest BCUT2D eigenvalue weighted by Crippen LogP contribution is -2.59. The minimum Gasteiger partial charge on any atom is -0.493 e. The highest BCUT2D eigenvalue weighted by atomic mass is 16.6. The summed E-state index contributed by atoms with van der Waals surface area (Å²) < 4.78 is 27.7. The first-order chi connectivity index (χ1) is 19.5. The quantitative estimate of drug-likeness (QED) is 0.331. The van der Waals surface area contributed by atoms with Gasteiger partial charge in [-0.15, -0.1) is 0 Å². The lowest BCUT2D eigenvalue weighted by molar-refractivity contribution is -0.160. The molecule has 3 aliphatic rings. The van der Waals surface area contributed by atoms with E-state index in [0.29, 0.717) is 19.8 Å². The summed E-state index contributed by atoms with van der Waals surface area (Å²) in [6.07, 6.45) is 2.24. The van der Waals surface area contributed by atoms with E-state index in [2.05, 4.69) is 0 Å². The van der Waals surface area contributed by atoms with Crippen LogP contribution >= 0.6 is 0 Å². The number of aliphatic hydroxyl groups excluding tert-OH is 1. The number of nitrogens with zero attached hydrogens (tertiary/aromatic N) is 2. The molecule has 11 heteroatoms. The Morgan fingerprint density at radius 3 is 2.49 bits per heavy atom. The SMILES string of the molecule is COCCCOc1cc(CN(C(=O)[C@H]2CN(C(=O)OC(C)(C)C)C[C@@H](C(=O)OC)[C@H]2O)C2CC2)cc2c1CCCO2. The van der Waals surface area contributed by atoms with Crippen LogP contribution < -0.4 is 9.47 Å². The van der Waals surface area contributed by atoms with E-state index in [9.17, 15) is 19.5 Å². The van der Waals surface area contributed by atoms with E-state index in [0.717, 1.165) is 54.7 Å². The fourth-order valence-corrected chi connectivity index (χ4v) is 5.38. The number of rotatable bonds is 10. The molecule has 0 unspecified atom stereocenters. The maximum Gasteiger partial charge on any atom is 0.410 e. The smallest absolute Gasteiger partial charge is 0.410 e. The van der Waals surface area contributed by atoms with Crippen LogP contribution in [0.4, 0.5) is 4.79 Å². The van der Waals surface area contributed by atoms with Crippen molar-refractivity contribution in [1.29, 1.82) is 0 Å². The fraction of sp³-hybridized carbons (Fsp3) is 0.700. The minimum absolute atomic E-state index is 0.00574. The van der Waals surface area contributed by atoms with Gasteiger partial charge in [-0.1, -0.05) is 0 Å². The number of carbonyl (C=O) groups is 3. The summed E-state index contributed by atoms with van der Waals surface area (Å²) in [6, 6.07) is 3.93. The molecule has 1 aliphatic carbocycles. The maximum atomic E-state index is 14.1. The van der Waals surface area contributed by atoms with Crippen molar-refractivity contribution in [2.45, 2.75) is 77.2 Å². The molecule has 1 aromatic carbocycles. The highest BCUT2D eigenvalue weighted by molar-refractivity contribution is 5.84. The zero-order chi connectivity index (χ0) is 29.7. The summed E-state index contributed by atoms with van der Waals surface area (Å²) in [7, 11) is 2.88. The minimum atomic E-state index is -1.30. The average Bonchev–Trinajstić information content (AvgIpc) is 3.78. The Hall–Kier alpha value is -3.05. The number of hydrogen-bond acceptors (Lipinski definition) is 9. The number of aliphatic hydroxyl groups is 1. The summed E-state index contributed by atoms with van der Waals surface area (Å²) in [4.78, 5) is 42.7. The van der Waals surface area contributed by atoms with Crippen molar-refractivity contribution < 1.29 is 43.2 Å². The van der Waals surface area contributed by atoms with Gasteiger partial charge < -0.3 is 38.6 Å². The third-order valence-electron chi connectivity index (χ3n) is 7.56. The summed E-state index contributed by atoms with van der Waals surface area (Å²) >= 11 is 0. The predicted molar refractivity (Wildman–Crippen MR) is 149 cm³/mol. The van der Waals surface area contributed by atoms with E-state index in [4.69, 9.17) is 23.7 Å². The Labute approximate surface area is 242 Å². The number of hydrogen-bond donors (Lipinski definition) is 1. The molecule has 0 radical (unpaired) electrons. The summed E-state index contributed by atoms with van der Waals surface area (Å²) in [6.45, 7) is 7.08. The number of amides is 2. The Bertz CT molecular complexity index is 1100. The second-order valence-corrected chi connectivity index (χ2v) is 12.0. The highest BCUT2D eigenvalue weighted by Gasteiger charge is 2.48. The molecular formula is C30H44N2O9. The van der Waals surface area contributed by atoms with Crippen molar-refractivity contribution in [3.63, 3.8) is 0 Å². The van der Waals surface area contributed by atoms with E-state index in [1.165, 1.54) is 12.0 Å². The molecule has 228 valence electrons. The third-order valence-corrected chi connectivity index (χ3v) is 7.56. The molecule has 1 saturated carbocycles. The van der Waals surface area contributed by atoms with Gasteiger partial charge >= 0.3 is 12.1 Å². The van der Waals surface area contributed by atoms with Gasteiger partial charge in [-0.3, -0.25) is 9.59 Å². The van der Waals surface area contributed by atoms with Gasteiger partial charge in [0.2, 0.25) is 5.91 Å². The Morgan fingerprint density at radius 1 is 1.10 bits per heavy atom. The van der Waals surface area contributed by atoms with Crippen molar-refractivity contribution in [2.75, 3.05) is 47.1 Å². The predicted octanol–water partition coefficient (Wildman–Crippen LogP) is 2.93. The number of carbonyl (C=O) groups excluding carboxylic acids is 3. The van der Waals surface area contributed by atoms with Gasteiger partial charge in [0.05, 0.1) is 32.3 Å². The third kappa shape index (κ3) is 7.82. The van der Waals surface area contributed by atoms with Gasteiger partial charge in [0.1, 0.15) is 23.0 Å². The molecule has 0 spiro atoms. The Kier molecular flexibility index (Phi) is 10.0. The average molecular weight is 577 g/mol. The van der Waals surface area contributed by atoms with Gasteiger partial charge in [-0.05, 0) is 64.2 Å². The van der Waals surface area contributed by atoms with Crippen LogP contribution in [0.3, 0.4) is 0 Å². The van der Waals surface area contributed by atoms with Crippen molar-refractivity contribution in [3.8, 4) is 11.5 Å². The van der Waals surface area contributed by atoms with E-state index in [1.807, 2.05) is 12.1 Å². The van der Waals surface area contributed by atoms with E-state index < -0.39 is 35.6 Å². The lowest BCUT2D eigenvalue weighted by atomic mass is 9.84. The molecule has 2 fully saturated rings. The van der Waals surface area contributed by atoms with Crippen LogP contribution in [-0.4, -0.2) is 97.8 Å². The first kappa shape index (κ1) is 30.9. The normalized spacial score (nSPS) is 22.3. The number of ether oxygens (including phenoxy) is 5. The van der Waals surface area contributed by atoms with Crippen LogP contribution in [-0.2, 0) is 36.8 Å². The molecule has 4 rings (SSSR count). The van der Waals surface area contributed by atoms with E-state index >= 15 is 0 Å². The molecule has 1 aromatic rings. The lowest BCUT2D eigenvalue weighted by Gasteiger charge is -2.41. The standard InChI is InChI=1S/C30H44N2O9/c1-30(2,3)41-29(36)31-17-22(26(33)23(18-31)28(35)38-5)27(34)32(20-9-10-20)16-19-14-24-21(8-6-12-39-24)25(15-19)40-13-7-11-37-4/h14-15,20,22-23,26,33H,6-13,16-18H2,1-5H3/t22-,23+,26-/m0/s1. The van der Waals surface area contributed by atoms with Crippen LogP contribution in [0.1, 0.15) is 57.6 Å². The van der Waals surface area contributed by atoms with Crippen LogP contribution in [0.2, 0.25) is 0 Å². The molecule has 11 nitrogen and oxygen atoms in total. The molecule has 2 amide bonds. The van der Waals surface area contributed by atoms with Crippen LogP contribution in [0.25, 0.3) is 0 Å². The van der Waals surface area contributed by atoms with Crippen LogP contribution in [0.5, 0.6) is 11.5 Å². The second-order valence-electron chi connectivity index (χ2n) is 12.0. The largest absolute Gasteiger partial charge is 0.493 e. The molecule has 41 heavy (non-hydrogen) atoms. The Morgan fingerprint density at radius 2 is 1.83 bits per heavy atom. The molecule has 2 heterocycles. The molecule has 0 bridgehead atoms. The van der Waals surface area contributed by atoms with Gasteiger partial charge in [-0.25, -0.2) is 4.79 Å². The monoisotopic (exact) mass is 576 g/mol. The topological polar surface area (TPSA) is 124 Å². The fourth-order valence-electron chi connectivity index (χ4n) is 5.38. The maximum absolute atomic E-state index is 14.1. The summed E-state index contributed by atoms with van der Waals surface area (Å²) in [5.41, 5.74) is 1.12. The van der Waals surface area contributed by atoms with E-state index in [-0.39, 0.29) is 31.6 Å². The summed E-state index contributed by atoms with van der Waals surface area (Å²) in [5.74, 6) is -1.57. The molecule has 3 atom stereocenters. The number of esters is 1. The van der Waals surface area contributed by atoms with Crippen molar-refractivity contribution in [2.24, 2.45) is 11.8 Å². The number of benzene rings is 1. The van der Waals surface area contributed by atoms with Crippen LogP contribution in [0, 0.1) is 11.8 Å². The highest BCUT2D eigenvalue weighted by Crippen LogP contribution is 2.38. The zero-order valence-electron chi connectivity index (χ0n) is 24.8. The van der Waals surface area contributed by atoms with Gasteiger partial charge in [-0.2, -0.15) is 0 Å². The first-order valence-corrected chi connectivity index (χ1v) is 14.5. The Balaban J connectivity index is 1.58. The van der Waals surface area contributed by atoms with Crippen molar-refractivity contribution >= 4 is 18.0 Å². The van der Waals surface area contributed by atoms with Gasteiger partial charge in [0, 0.05) is 51.4 Å². The van der Waals surface area contributed by atoms with Crippen molar-refractivity contribution in [3.05, 3.63) is 23.3 Å². The number of methoxy groups -OCH3 is 2. The number of likely N-dealkylation sites (tertiary alicyclic amines) is 1. The van der Waals surface area contributed by atoms with Crippen molar-refractivity contribution in [1.82, 2.24) is 9.80 Å². The molecular weight excluding hydrogens is 532 g/mol. The molecule has 1 saturated heterocycles. The van der Waals surface area contributed by atoms with E-state index in [1.54, 1.807) is 32.8 Å². The summed E-state index contributed by atoms with van der Waals surface area (Å²) in [5, 5.41) is 11.2. The van der Waals surface area contributed by atoms with Gasteiger partial charge in [0.15, 0.2) is 0 Å². The molecule has 2 aliphatic heterocycles.